The number of nitrogens with two attached hydrogens (primary N) is 1. The van der Waals surface area contributed by atoms with Crippen molar-refractivity contribution < 1.29 is 14.7 Å². The highest BCUT2D eigenvalue weighted by atomic mass is 16.4. The summed E-state index contributed by atoms with van der Waals surface area (Å²) < 4.78 is 0. The van der Waals surface area contributed by atoms with E-state index in [0.717, 1.165) is 19.4 Å². The summed E-state index contributed by atoms with van der Waals surface area (Å²) in [7, 11) is 0. The van der Waals surface area contributed by atoms with Gasteiger partial charge in [0.2, 0.25) is 5.91 Å². The monoisotopic (exact) mass is 290 g/mol. The standard InChI is InChI=1S/C14H18N4O3/c15-12-9(14(20)21)3-5-16-13(12)18-6-4-10-8(7-18)1-2-11(19)17-10/h3,5,8,10H,1-2,4,6-7,15H2,(H,17,19)(H,20,21). The van der Waals surface area contributed by atoms with Gasteiger partial charge in [0.25, 0.3) is 0 Å². The Labute approximate surface area is 122 Å². The predicted octanol–water partition coefficient (Wildman–Crippen LogP) is 0.467. The van der Waals surface area contributed by atoms with E-state index in [9.17, 15) is 9.59 Å². The zero-order valence-corrected chi connectivity index (χ0v) is 11.6. The maximum absolute atomic E-state index is 11.4. The molecule has 112 valence electrons. The number of hydrogen-bond donors (Lipinski definition) is 3. The molecule has 1 amide bonds. The third-order valence-corrected chi connectivity index (χ3v) is 4.32. The summed E-state index contributed by atoms with van der Waals surface area (Å²) in [6, 6.07) is 1.63. The molecule has 2 unspecified atom stereocenters. The van der Waals surface area contributed by atoms with Crippen LogP contribution >= 0.6 is 0 Å². The first-order chi connectivity index (χ1) is 10.1. The van der Waals surface area contributed by atoms with E-state index >= 15 is 0 Å². The Balaban J connectivity index is 1.81. The number of piperidine rings is 2. The van der Waals surface area contributed by atoms with Gasteiger partial charge >= 0.3 is 5.97 Å². The number of pyridine rings is 1. The molecule has 7 nitrogen and oxygen atoms in total. The highest BCUT2D eigenvalue weighted by molar-refractivity contribution is 5.96. The van der Waals surface area contributed by atoms with Gasteiger partial charge in [0.15, 0.2) is 5.82 Å². The smallest absolute Gasteiger partial charge is 0.337 e. The number of aromatic nitrogens is 1. The fourth-order valence-electron chi connectivity index (χ4n) is 3.20. The van der Waals surface area contributed by atoms with E-state index in [2.05, 4.69) is 10.3 Å². The van der Waals surface area contributed by atoms with Gasteiger partial charge in [0.05, 0.1) is 11.3 Å². The van der Waals surface area contributed by atoms with Crippen molar-refractivity contribution in [2.24, 2.45) is 5.92 Å². The molecule has 2 atom stereocenters. The lowest BCUT2D eigenvalue weighted by Crippen LogP contribution is -2.54. The summed E-state index contributed by atoms with van der Waals surface area (Å²) in [6.45, 7) is 1.45. The van der Waals surface area contributed by atoms with Crippen LogP contribution in [0.1, 0.15) is 29.6 Å². The average Bonchev–Trinajstić information content (AvgIpc) is 2.46. The van der Waals surface area contributed by atoms with Crippen LogP contribution in [-0.2, 0) is 4.79 Å². The second kappa shape index (κ2) is 5.23. The summed E-state index contributed by atoms with van der Waals surface area (Å²) in [6.07, 6.45) is 3.71. The molecule has 2 aliphatic heterocycles. The fraction of sp³-hybridized carbons (Fsp3) is 0.500. The second-order valence-electron chi connectivity index (χ2n) is 5.61. The Bertz CT molecular complexity index is 590. The van der Waals surface area contributed by atoms with Crippen LogP contribution in [0.25, 0.3) is 0 Å². The highest BCUT2D eigenvalue weighted by Gasteiger charge is 2.34. The third kappa shape index (κ3) is 2.51. The van der Waals surface area contributed by atoms with Crippen molar-refractivity contribution >= 4 is 23.4 Å². The minimum Gasteiger partial charge on any atom is -0.478 e. The van der Waals surface area contributed by atoms with Crippen molar-refractivity contribution in [3.8, 4) is 0 Å². The zero-order valence-electron chi connectivity index (χ0n) is 11.6. The quantitative estimate of drug-likeness (QED) is 0.730. The maximum atomic E-state index is 11.4. The van der Waals surface area contributed by atoms with Crippen molar-refractivity contribution in [1.82, 2.24) is 10.3 Å². The number of rotatable bonds is 2. The molecule has 0 bridgehead atoms. The Morgan fingerprint density at radius 2 is 2.29 bits per heavy atom. The molecule has 0 saturated carbocycles. The molecular formula is C14H18N4O3. The van der Waals surface area contributed by atoms with E-state index in [1.54, 1.807) is 0 Å². The second-order valence-corrected chi connectivity index (χ2v) is 5.61. The molecule has 21 heavy (non-hydrogen) atoms. The minimum absolute atomic E-state index is 0.0825. The fourth-order valence-corrected chi connectivity index (χ4v) is 3.20. The van der Waals surface area contributed by atoms with Crippen molar-refractivity contribution in [3.05, 3.63) is 17.8 Å². The van der Waals surface area contributed by atoms with Gasteiger partial charge in [0, 0.05) is 31.7 Å². The molecule has 4 N–H and O–H groups in total. The number of anilines is 2. The molecule has 2 saturated heterocycles. The van der Waals surface area contributed by atoms with Crippen LogP contribution in [0.15, 0.2) is 12.3 Å². The summed E-state index contributed by atoms with van der Waals surface area (Å²) in [4.78, 5) is 28.8. The van der Waals surface area contributed by atoms with Crippen LogP contribution in [-0.4, -0.2) is 41.1 Å². The molecular weight excluding hydrogens is 272 g/mol. The predicted molar refractivity (Wildman–Crippen MR) is 77.1 cm³/mol. The van der Waals surface area contributed by atoms with Gasteiger partial charge < -0.3 is 21.1 Å². The molecule has 2 fully saturated rings. The van der Waals surface area contributed by atoms with E-state index < -0.39 is 5.97 Å². The number of fused-ring (bicyclic) bond motifs is 1. The van der Waals surface area contributed by atoms with Gasteiger partial charge in [-0.05, 0) is 24.8 Å². The average molecular weight is 290 g/mol. The summed E-state index contributed by atoms with van der Waals surface area (Å²) in [5.41, 5.74) is 6.24. The Morgan fingerprint density at radius 3 is 3.05 bits per heavy atom. The van der Waals surface area contributed by atoms with Crippen molar-refractivity contribution in [1.29, 1.82) is 0 Å². The molecule has 3 heterocycles. The van der Waals surface area contributed by atoms with Crippen molar-refractivity contribution in [3.63, 3.8) is 0 Å². The number of carbonyl (C=O) groups excluding carboxylic acids is 1. The number of carboxylic acid groups (broad SMARTS) is 1. The SMILES string of the molecule is Nc1c(C(=O)O)ccnc1N1CCC2NC(=O)CCC2C1. The van der Waals surface area contributed by atoms with Crippen LogP contribution in [0.3, 0.4) is 0 Å². The van der Waals surface area contributed by atoms with E-state index in [-0.39, 0.29) is 23.2 Å². The minimum atomic E-state index is -1.05. The third-order valence-electron chi connectivity index (χ3n) is 4.32. The largest absolute Gasteiger partial charge is 0.478 e. The summed E-state index contributed by atoms with van der Waals surface area (Å²) in [5, 5.41) is 12.2. The molecule has 1 aromatic heterocycles. The lowest BCUT2D eigenvalue weighted by atomic mass is 9.85. The molecule has 0 radical (unpaired) electrons. The number of carbonyl (C=O) groups is 2. The number of carboxylic acids is 1. The molecule has 3 rings (SSSR count). The highest BCUT2D eigenvalue weighted by Crippen LogP contribution is 2.31. The topological polar surface area (TPSA) is 109 Å². The lowest BCUT2D eigenvalue weighted by molar-refractivity contribution is -0.124. The Hall–Kier alpha value is -2.31. The van der Waals surface area contributed by atoms with Gasteiger partial charge in [-0.15, -0.1) is 0 Å². The first-order valence-corrected chi connectivity index (χ1v) is 7.08. The van der Waals surface area contributed by atoms with Crippen LogP contribution in [0, 0.1) is 5.92 Å². The molecule has 0 spiro atoms. The zero-order chi connectivity index (χ0) is 15.0. The number of aromatic carboxylic acids is 1. The molecule has 2 aliphatic rings. The number of amides is 1. The van der Waals surface area contributed by atoms with Crippen LogP contribution in [0.4, 0.5) is 11.5 Å². The molecule has 0 aromatic carbocycles. The van der Waals surface area contributed by atoms with Crippen molar-refractivity contribution in [2.75, 3.05) is 23.7 Å². The number of nitrogens with one attached hydrogen (secondary N) is 1. The van der Waals surface area contributed by atoms with Gasteiger partial charge in [0.1, 0.15) is 0 Å². The van der Waals surface area contributed by atoms with Gasteiger partial charge in [-0.25, -0.2) is 9.78 Å². The number of nitrogens with zero attached hydrogens (tertiary/aromatic N) is 2. The Morgan fingerprint density at radius 1 is 1.48 bits per heavy atom. The number of hydrogen-bond acceptors (Lipinski definition) is 5. The van der Waals surface area contributed by atoms with E-state index in [0.29, 0.717) is 24.7 Å². The molecule has 1 aromatic rings. The summed E-state index contributed by atoms with van der Waals surface area (Å²) in [5.74, 6) is -0.0254. The first kappa shape index (κ1) is 13.7. The maximum Gasteiger partial charge on any atom is 0.337 e. The van der Waals surface area contributed by atoms with E-state index in [1.807, 2.05) is 4.90 Å². The molecule has 0 aliphatic carbocycles. The van der Waals surface area contributed by atoms with E-state index in [4.69, 9.17) is 10.8 Å². The van der Waals surface area contributed by atoms with Crippen LogP contribution < -0.4 is 16.0 Å². The number of nitrogen functional groups attached to an aromatic ring is 1. The molecule has 7 heteroatoms. The van der Waals surface area contributed by atoms with Gasteiger partial charge in [-0.2, -0.15) is 0 Å². The van der Waals surface area contributed by atoms with Crippen molar-refractivity contribution in [2.45, 2.75) is 25.3 Å². The first-order valence-electron chi connectivity index (χ1n) is 7.08. The lowest BCUT2D eigenvalue weighted by Gasteiger charge is -2.42. The van der Waals surface area contributed by atoms with E-state index in [1.165, 1.54) is 12.3 Å². The van der Waals surface area contributed by atoms with Crippen LogP contribution in [0.5, 0.6) is 0 Å². The van der Waals surface area contributed by atoms with Crippen LogP contribution in [0.2, 0.25) is 0 Å². The summed E-state index contributed by atoms with van der Waals surface area (Å²) >= 11 is 0. The van der Waals surface area contributed by atoms with Gasteiger partial charge in [-0.1, -0.05) is 0 Å². The van der Waals surface area contributed by atoms with Gasteiger partial charge in [-0.3, -0.25) is 4.79 Å². The Kier molecular flexibility index (Phi) is 3.40. The normalized spacial score (nSPS) is 25.1.